The average molecular weight is 398 g/mol. The lowest BCUT2D eigenvalue weighted by molar-refractivity contribution is 0.0638. The third-order valence-corrected chi connectivity index (χ3v) is 5.52. The van der Waals surface area contributed by atoms with Gasteiger partial charge in [0.2, 0.25) is 0 Å². The first-order chi connectivity index (χ1) is 14.7. The van der Waals surface area contributed by atoms with E-state index < -0.39 is 6.10 Å². The maximum Gasteiger partial charge on any atom is 0.120 e. The molecule has 0 aromatic heterocycles. The van der Waals surface area contributed by atoms with Crippen molar-refractivity contribution < 1.29 is 9.84 Å². The second-order valence-corrected chi connectivity index (χ2v) is 7.83. The largest absolute Gasteiger partial charge is 0.491 e. The van der Waals surface area contributed by atoms with Crippen LogP contribution in [0.3, 0.4) is 0 Å². The van der Waals surface area contributed by atoms with Crippen LogP contribution in [0.25, 0.3) is 11.1 Å². The van der Waals surface area contributed by atoms with Crippen LogP contribution in [0, 0.1) is 12.3 Å². The molecule has 0 radical (unpaired) electrons. The Hall–Kier alpha value is -3.06. The highest BCUT2D eigenvalue weighted by molar-refractivity contribution is 5.65. The number of rotatable bonds is 7. The molecule has 1 heterocycles. The minimum atomic E-state index is -0.530. The van der Waals surface area contributed by atoms with Crippen LogP contribution in [0.5, 0.6) is 5.75 Å². The van der Waals surface area contributed by atoms with Gasteiger partial charge in [0.05, 0.1) is 0 Å². The summed E-state index contributed by atoms with van der Waals surface area (Å²) in [5.74, 6) is 3.45. The SMILES string of the molecule is C#CCc1cccc(-c2cccc(OCC(O)CN3CCc4ccccc4C3)c2)c1. The molecule has 0 aliphatic carbocycles. The van der Waals surface area contributed by atoms with E-state index in [4.69, 9.17) is 11.2 Å². The molecule has 0 bridgehead atoms. The zero-order valence-corrected chi connectivity index (χ0v) is 17.1. The summed E-state index contributed by atoms with van der Waals surface area (Å²) in [4.78, 5) is 2.30. The third kappa shape index (κ3) is 5.10. The van der Waals surface area contributed by atoms with Crippen molar-refractivity contribution >= 4 is 0 Å². The maximum atomic E-state index is 10.5. The number of benzene rings is 3. The van der Waals surface area contributed by atoms with E-state index in [1.54, 1.807) is 0 Å². The Balaban J connectivity index is 1.34. The Morgan fingerprint density at radius 2 is 1.73 bits per heavy atom. The quantitative estimate of drug-likeness (QED) is 0.603. The van der Waals surface area contributed by atoms with Crippen LogP contribution in [0.4, 0.5) is 0 Å². The minimum absolute atomic E-state index is 0.277. The lowest BCUT2D eigenvalue weighted by Crippen LogP contribution is -2.38. The van der Waals surface area contributed by atoms with E-state index in [9.17, 15) is 5.11 Å². The number of aliphatic hydroxyl groups excluding tert-OH is 1. The van der Waals surface area contributed by atoms with Gasteiger partial charge in [-0.1, -0.05) is 60.7 Å². The fourth-order valence-electron chi connectivity index (χ4n) is 4.00. The summed E-state index contributed by atoms with van der Waals surface area (Å²) in [6, 6.07) is 24.8. The molecule has 1 N–H and O–H groups in total. The summed E-state index contributed by atoms with van der Waals surface area (Å²) in [6.07, 6.45) is 6.56. The molecule has 0 saturated heterocycles. The van der Waals surface area contributed by atoms with E-state index >= 15 is 0 Å². The number of hydrogen-bond donors (Lipinski definition) is 1. The first-order valence-electron chi connectivity index (χ1n) is 10.4. The second-order valence-electron chi connectivity index (χ2n) is 7.83. The Morgan fingerprint density at radius 1 is 0.967 bits per heavy atom. The van der Waals surface area contributed by atoms with Crippen molar-refractivity contribution in [3.8, 4) is 29.2 Å². The number of nitrogens with zero attached hydrogens (tertiary/aromatic N) is 1. The Labute approximate surface area is 178 Å². The normalized spacial score (nSPS) is 14.5. The number of ether oxygens (including phenoxy) is 1. The van der Waals surface area contributed by atoms with Gasteiger partial charge in [-0.05, 0) is 46.4 Å². The molecule has 1 atom stereocenters. The van der Waals surface area contributed by atoms with Crippen LogP contribution in [-0.2, 0) is 19.4 Å². The molecule has 0 saturated carbocycles. The average Bonchev–Trinajstić information content (AvgIpc) is 2.78. The molecule has 3 heteroatoms. The van der Waals surface area contributed by atoms with Crippen molar-refractivity contribution in [3.05, 3.63) is 89.5 Å². The van der Waals surface area contributed by atoms with Gasteiger partial charge >= 0.3 is 0 Å². The van der Waals surface area contributed by atoms with Gasteiger partial charge in [-0.25, -0.2) is 0 Å². The van der Waals surface area contributed by atoms with Gasteiger partial charge in [-0.15, -0.1) is 12.3 Å². The summed E-state index contributed by atoms with van der Waals surface area (Å²) >= 11 is 0. The first-order valence-corrected chi connectivity index (χ1v) is 10.4. The van der Waals surface area contributed by atoms with Crippen LogP contribution in [0.1, 0.15) is 16.7 Å². The lowest BCUT2D eigenvalue weighted by atomic mass is 10.00. The molecule has 3 nitrogen and oxygen atoms in total. The van der Waals surface area contributed by atoms with Gasteiger partial charge in [0.15, 0.2) is 0 Å². The van der Waals surface area contributed by atoms with Crippen LogP contribution in [0.2, 0.25) is 0 Å². The Morgan fingerprint density at radius 3 is 2.57 bits per heavy atom. The van der Waals surface area contributed by atoms with Crippen molar-refractivity contribution in [1.82, 2.24) is 4.90 Å². The predicted octanol–water partition coefficient (Wildman–Crippen LogP) is 4.33. The predicted molar refractivity (Wildman–Crippen MR) is 121 cm³/mol. The van der Waals surface area contributed by atoms with Gasteiger partial charge in [0.25, 0.3) is 0 Å². The fourth-order valence-corrected chi connectivity index (χ4v) is 4.00. The highest BCUT2D eigenvalue weighted by Crippen LogP contribution is 2.25. The molecule has 3 aromatic carbocycles. The molecular weight excluding hydrogens is 370 g/mol. The summed E-state index contributed by atoms with van der Waals surface area (Å²) in [6.45, 7) is 2.75. The van der Waals surface area contributed by atoms with Gasteiger partial charge in [-0.2, -0.15) is 0 Å². The van der Waals surface area contributed by atoms with E-state index in [-0.39, 0.29) is 6.61 Å². The topological polar surface area (TPSA) is 32.7 Å². The monoisotopic (exact) mass is 397 g/mol. The summed E-state index contributed by atoms with van der Waals surface area (Å²) in [7, 11) is 0. The maximum absolute atomic E-state index is 10.5. The smallest absolute Gasteiger partial charge is 0.120 e. The van der Waals surface area contributed by atoms with Crippen molar-refractivity contribution in [2.75, 3.05) is 19.7 Å². The molecule has 0 amide bonds. The number of β-amino-alcohol motifs (C(OH)–C–C–N with tert-alkyl or cyclic N) is 1. The van der Waals surface area contributed by atoms with Crippen LogP contribution >= 0.6 is 0 Å². The van der Waals surface area contributed by atoms with Crippen LogP contribution in [0.15, 0.2) is 72.8 Å². The highest BCUT2D eigenvalue weighted by atomic mass is 16.5. The van der Waals surface area contributed by atoms with E-state index in [2.05, 4.69) is 53.3 Å². The number of aliphatic hydroxyl groups is 1. The molecule has 1 aliphatic heterocycles. The van der Waals surface area contributed by atoms with Crippen molar-refractivity contribution in [1.29, 1.82) is 0 Å². The second kappa shape index (κ2) is 9.63. The Bertz CT molecular complexity index is 1040. The van der Waals surface area contributed by atoms with Gasteiger partial charge in [-0.3, -0.25) is 4.90 Å². The molecule has 1 aliphatic rings. The van der Waals surface area contributed by atoms with Gasteiger partial charge in [0.1, 0.15) is 18.5 Å². The molecule has 0 fully saturated rings. The number of terminal acetylenes is 1. The standard InChI is InChI=1S/C27H27NO2/c1-2-7-21-8-5-11-23(16-21)24-12-6-13-27(17-24)30-20-26(29)19-28-15-14-22-9-3-4-10-25(22)18-28/h1,3-6,8-13,16-17,26,29H,7,14-15,18-20H2. The van der Waals surface area contributed by atoms with Crippen LogP contribution in [-0.4, -0.2) is 35.8 Å². The minimum Gasteiger partial charge on any atom is -0.491 e. The Kier molecular flexibility index (Phi) is 6.49. The molecule has 0 spiro atoms. The molecule has 1 unspecified atom stereocenters. The zero-order valence-electron chi connectivity index (χ0n) is 17.1. The summed E-state index contributed by atoms with van der Waals surface area (Å²) in [5.41, 5.74) is 6.09. The van der Waals surface area contributed by atoms with E-state index in [1.165, 1.54) is 11.1 Å². The van der Waals surface area contributed by atoms with Crippen molar-refractivity contribution in [2.24, 2.45) is 0 Å². The zero-order chi connectivity index (χ0) is 20.8. The summed E-state index contributed by atoms with van der Waals surface area (Å²) in [5, 5.41) is 10.5. The summed E-state index contributed by atoms with van der Waals surface area (Å²) < 4.78 is 5.91. The molecule has 4 rings (SSSR count). The molecule has 152 valence electrons. The van der Waals surface area contributed by atoms with Gasteiger partial charge < -0.3 is 9.84 Å². The van der Waals surface area contributed by atoms with Crippen LogP contribution < -0.4 is 4.74 Å². The first kappa shape index (κ1) is 20.2. The molecule has 3 aromatic rings. The van der Waals surface area contributed by atoms with Crippen molar-refractivity contribution in [3.63, 3.8) is 0 Å². The number of fused-ring (bicyclic) bond motifs is 1. The molecule has 30 heavy (non-hydrogen) atoms. The lowest BCUT2D eigenvalue weighted by Gasteiger charge is -2.30. The van der Waals surface area contributed by atoms with E-state index in [1.807, 2.05) is 30.3 Å². The van der Waals surface area contributed by atoms with Crippen molar-refractivity contribution in [2.45, 2.75) is 25.5 Å². The van der Waals surface area contributed by atoms with Gasteiger partial charge in [0, 0.05) is 26.1 Å². The highest BCUT2D eigenvalue weighted by Gasteiger charge is 2.18. The molecular formula is C27H27NO2. The van der Waals surface area contributed by atoms with E-state index in [0.717, 1.165) is 42.0 Å². The fraction of sp³-hybridized carbons (Fsp3) is 0.259. The van der Waals surface area contributed by atoms with E-state index in [0.29, 0.717) is 13.0 Å². The third-order valence-electron chi connectivity index (χ3n) is 5.52. The number of hydrogen-bond acceptors (Lipinski definition) is 3.